The Hall–Kier alpha value is -4.62. The molecule has 2 aromatic heterocycles. The number of amides is 1. The van der Waals surface area contributed by atoms with Crippen molar-refractivity contribution in [3.05, 3.63) is 52.1 Å². The Morgan fingerprint density at radius 1 is 1.15 bits per heavy atom. The van der Waals surface area contributed by atoms with Crippen LogP contribution in [0.1, 0.15) is 28.9 Å². The van der Waals surface area contributed by atoms with Crippen LogP contribution in [0.2, 0.25) is 0 Å². The van der Waals surface area contributed by atoms with Crippen LogP contribution in [0, 0.1) is 0 Å². The number of nitrogens with two attached hydrogens (primary N) is 1. The summed E-state index contributed by atoms with van der Waals surface area (Å²) in [7, 11) is 0. The Balaban J connectivity index is 1.65. The second-order valence-corrected chi connectivity index (χ2v) is 6.87. The zero-order chi connectivity index (χ0) is 24.2. The van der Waals surface area contributed by atoms with E-state index < -0.39 is 42.0 Å². The van der Waals surface area contributed by atoms with E-state index in [-0.39, 0.29) is 29.2 Å². The molecule has 3 rings (SSSR count). The highest BCUT2D eigenvalue weighted by atomic mass is 19.1. The Morgan fingerprint density at radius 3 is 2.48 bits per heavy atom. The number of H-pyrrole nitrogens is 1. The number of nitrogens with zero attached hydrogens (tertiary/aromatic N) is 3. The fraction of sp³-hybridized carbons (Fsp3) is 0.211. The van der Waals surface area contributed by atoms with Gasteiger partial charge < -0.3 is 26.6 Å². The number of aromatic amines is 1. The zero-order valence-electron chi connectivity index (χ0n) is 16.8. The van der Waals surface area contributed by atoms with Crippen LogP contribution in [0.4, 0.5) is 16.0 Å². The molecule has 0 unspecified atom stereocenters. The number of hydrogen-bond acceptors (Lipinski definition) is 9. The quantitative estimate of drug-likeness (QED) is 0.239. The van der Waals surface area contributed by atoms with Crippen LogP contribution in [0.5, 0.6) is 0 Å². The summed E-state index contributed by atoms with van der Waals surface area (Å²) in [6, 6.07) is 5.61. The number of carbonyl (C=O) groups is 3. The molecule has 33 heavy (non-hydrogen) atoms. The number of aliphatic carboxylic acids is 2. The summed E-state index contributed by atoms with van der Waals surface area (Å²) in [4.78, 5) is 60.3. The average molecular weight is 459 g/mol. The number of fused-ring (bicyclic) bond motifs is 1. The van der Waals surface area contributed by atoms with Gasteiger partial charge >= 0.3 is 11.9 Å². The van der Waals surface area contributed by atoms with E-state index in [0.29, 0.717) is 11.4 Å². The Kier molecular flexibility index (Phi) is 6.46. The van der Waals surface area contributed by atoms with Crippen LogP contribution < -0.4 is 21.9 Å². The van der Waals surface area contributed by atoms with E-state index in [2.05, 4.69) is 25.3 Å². The summed E-state index contributed by atoms with van der Waals surface area (Å²) in [5, 5.41) is 22.4. The third-order valence-corrected chi connectivity index (χ3v) is 4.44. The van der Waals surface area contributed by atoms with Gasteiger partial charge in [0.15, 0.2) is 11.2 Å². The van der Waals surface area contributed by atoms with Gasteiger partial charge in [0, 0.05) is 17.7 Å². The van der Waals surface area contributed by atoms with Gasteiger partial charge in [-0.1, -0.05) is 0 Å². The second-order valence-electron chi connectivity index (χ2n) is 6.87. The molecule has 3 aromatic rings. The van der Waals surface area contributed by atoms with Crippen molar-refractivity contribution < 1.29 is 29.0 Å². The number of halogens is 1. The van der Waals surface area contributed by atoms with Crippen molar-refractivity contribution in [2.75, 3.05) is 11.1 Å². The number of hydrogen-bond donors (Lipinski definition) is 6. The van der Waals surface area contributed by atoms with Crippen molar-refractivity contribution in [3.8, 4) is 0 Å². The number of carboxylic acid groups (broad SMARTS) is 2. The normalized spacial score (nSPS) is 12.6. The Morgan fingerprint density at radius 2 is 1.85 bits per heavy atom. The minimum Gasteiger partial charge on any atom is -0.481 e. The van der Waals surface area contributed by atoms with E-state index in [1.54, 1.807) is 5.32 Å². The van der Waals surface area contributed by atoms with Gasteiger partial charge in [0.1, 0.15) is 0 Å². The highest BCUT2D eigenvalue weighted by Gasteiger charge is 2.40. The molecule has 0 spiro atoms. The lowest BCUT2D eigenvalue weighted by molar-refractivity contribution is -0.154. The number of alkyl halides is 1. The molecule has 172 valence electrons. The van der Waals surface area contributed by atoms with Crippen LogP contribution in [-0.2, 0) is 16.1 Å². The third-order valence-electron chi connectivity index (χ3n) is 4.44. The van der Waals surface area contributed by atoms with Crippen molar-refractivity contribution in [2.45, 2.75) is 25.2 Å². The standard InChI is InChI=1S/C19H18FN7O6/c20-19(17(32)33,6-5-12(28)29)27-15(30)9-1-3-10(4-2-9)22-7-11-8-23-14-13(24-11)16(31)26-18(21)25-14/h1-4,8,22H,5-7H2,(H,27,30)(H,28,29)(H,32,33)(H3,21,23,25,26,31)/t19-/m0/s1. The summed E-state index contributed by atoms with van der Waals surface area (Å²) in [6.45, 7) is 0.167. The lowest BCUT2D eigenvalue weighted by Crippen LogP contribution is -2.51. The van der Waals surface area contributed by atoms with Gasteiger partial charge in [0.25, 0.3) is 17.3 Å². The predicted octanol–water partition coefficient (Wildman–Crippen LogP) is 0.252. The maximum Gasteiger partial charge on any atom is 0.362 e. The number of benzene rings is 1. The van der Waals surface area contributed by atoms with Crippen molar-refractivity contribution in [1.29, 1.82) is 0 Å². The summed E-state index contributed by atoms with van der Waals surface area (Å²) < 4.78 is 14.5. The van der Waals surface area contributed by atoms with Gasteiger partial charge in [-0.3, -0.25) is 19.4 Å². The topological polar surface area (TPSA) is 213 Å². The highest BCUT2D eigenvalue weighted by molar-refractivity contribution is 5.97. The number of carboxylic acids is 2. The van der Waals surface area contributed by atoms with Gasteiger partial charge in [0.05, 0.1) is 24.9 Å². The monoisotopic (exact) mass is 459 g/mol. The average Bonchev–Trinajstić information content (AvgIpc) is 2.76. The van der Waals surface area contributed by atoms with Crippen LogP contribution in [-0.4, -0.2) is 53.8 Å². The maximum absolute atomic E-state index is 14.5. The molecule has 1 atom stereocenters. The molecule has 13 nitrogen and oxygen atoms in total. The van der Waals surface area contributed by atoms with E-state index in [1.165, 1.54) is 30.5 Å². The molecule has 0 saturated carbocycles. The van der Waals surface area contributed by atoms with E-state index in [9.17, 15) is 23.6 Å². The minimum atomic E-state index is -3.22. The molecule has 0 aliphatic rings. The fourth-order valence-electron chi connectivity index (χ4n) is 2.74. The lowest BCUT2D eigenvalue weighted by Gasteiger charge is -2.21. The first kappa shape index (κ1) is 23.1. The number of anilines is 2. The molecular formula is C19H18FN7O6. The first-order chi connectivity index (χ1) is 15.6. The minimum absolute atomic E-state index is 0.0200. The molecule has 7 N–H and O–H groups in total. The number of rotatable bonds is 9. The zero-order valence-corrected chi connectivity index (χ0v) is 16.8. The van der Waals surface area contributed by atoms with Crippen LogP contribution in [0.25, 0.3) is 11.2 Å². The van der Waals surface area contributed by atoms with E-state index in [1.807, 2.05) is 0 Å². The number of carbonyl (C=O) groups excluding carboxylic acids is 1. The molecule has 1 amide bonds. The summed E-state index contributed by atoms with van der Waals surface area (Å²) in [5.74, 6) is -7.72. The van der Waals surface area contributed by atoms with E-state index in [0.717, 1.165) is 0 Å². The molecule has 0 saturated heterocycles. The summed E-state index contributed by atoms with van der Waals surface area (Å²) in [5.41, 5.74) is 5.96. The Bertz CT molecular complexity index is 1280. The molecule has 0 bridgehead atoms. The molecule has 14 heteroatoms. The van der Waals surface area contributed by atoms with Crippen LogP contribution in [0.3, 0.4) is 0 Å². The molecular weight excluding hydrogens is 441 g/mol. The smallest absolute Gasteiger partial charge is 0.362 e. The van der Waals surface area contributed by atoms with E-state index >= 15 is 0 Å². The van der Waals surface area contributed by atoms with Crippen molar-refractivity contribution in [1.82, 2.24) is 25.3 Å². The SMILES string of the molecule is Nc1nc2ncc(CNc3ccc(C(=O)N[C@@](F)(CCC(=O)O)C(=O)O)cc3)nc2c(=O)[nH]1. The number of nitrogen functional groups attached to an aromatic ring is 1. The van der Waals surface area contributed by atoms with Crippen molar-refractivity contribution >= 4 is 40.6 Å². The van der Waals surface area contributed by atoms with Crippen molar-refractivity contribution in [2.24, 2.45) is 0 Å². The molecule has 2 heterocycles. The molecule has 0 fully saturated rings. The molecule has 1 aromatic carbocycles. The van der Waals surface area contributed by atoms with Gasteiger partial charge in [-0.05, 0) is 24.3 Å². The maximum atomic E-state index is 14.5. The van der Waals surface area contributed by atoms with E-state index in [4.69, 9.17) is 15.9 Å². The molecule has 0 radical (unpaired) electrons. The fourth-order valence-corrected chi connectivity index (χ4v) is 2.74. The van der Waals surface area contributed by atoms with Gasteiger partial charge in [-0.15, -0.1) is 0 Å². The van der Waals surface area contributed by atoms with Gasteiger partial charge in [0.2, 0.25) is 5.95 Å². The molecule has 0 aliphatic carbocycles. The largest absolute Gasteiger partial charge is 0.481 e. The summed E-state index contributed by atoms with van der Waals surface area (Å²) in [6.07, 6.45) is -0.299. The third kappa shape index (κ3) is 5.55. The summed E-state index contributed by atoms with van der Waals surface area (Å²) >= 11 is 0. The van der Waals surface area contributed by atoms with Crippen LogP contribution >= 0.6 is 0 Å². The highest BCUT2D eigenvalue weighted by Crippen LogP contribution is 2.18. The molecule has 0 aliphatic heterocycles. The Labute approximate surface area is 183 Å². The predicted molar refractivity (Wildman–Crippen MR) is 112 cm³/mol. The van der Waals surface area contributed by atoms with Gasteiger partial charge in [-0.2, -0.15) is 4.98 Å². The number of aromatic nitrogens is 4. The van der Waals surface area contributed by atoms with Gasteiger partial charge in [-0.25, -0.2) is 19.2 Å². The van der Waals surface area contributed by atoms with Crippen LogP contribution in [0.15, 0.2) is 35.3 Å². The first-order valence-electron chi connectivity index (χ1n) is 9.39. The number of nitrogens with one attached hydrogen (secondary N) is 3. The van der Waals surface area contributed by atoms with Crippen molar-refractivity contribution in [3.63, 3.8) is 0 Å². The lowest BCUT2D eigenvalue weighted by atomic mass is 10.1. The second kappa shape index (κ2) is 9.25. The first-order valence-corrected chi connectivity index (χ1v) is 9.39.